The van der Waals surface area contributed by atoms with Gasteiger partial charge in [-0.3, -0.25) is 4.79 Å². The van der Waals surface area contributed by atoms with E-state index in [1.165, 1.54) is 25.7 Å². The van der Waals surface area contributed by atoms with Crippen LogP contribution in [0.5, 0.6) is 0 Å². The Morgan fingerprint density at radius 1 is 1.09 bits per heavy atom. The molecule has 0 aromatic heterocycles. The molecule has 0 bridgehead atoms. The minimum absolute atomic E-state index is 0.0914. The zero-order valence-corrected chi connectivity index (χ0v) is 14.7. The number of ether oxygens (including phenoxy) is 1. The lowest BCUT2D eigenvalue weighted by molar-refractivity contribution is -0.135. The lowest BCUT2D eigenvalue weighted by atomic mass is 10.0. The maximum Gasteiger partial charge on any atom is 0.222 e. The Hall–Kier alpha value is -0.620. The van der Waals surface area contributed by atoms with Gasteiger partial charge in [0.1, 0.15) is 0 Å². The molecule has 0 N–H and O–H groups in total. The smallest absolute Gasteiger partial charge is 0.222 e. The lowest BCUT2D eigenvalue weighted by Crippen LogP contribution is -2.45. The maximum absolute atomic E-state index is 12.8. The molecule has 0 unspecified atom stereocenters. The lowest BCUT2D eigenvalue weighted by Gasteiger charge is -2.31. The predicted octanol–water partition coefficient (Wildman–Crippen LogP) is 2.15. The molecule has 5 nitrogen and oxygen atoms in total. The maximum atomic E-state index is 12.8. The second-order valence-electron chi connectivity index (χ2n) is 7.43. The number of rotatable bonds is 6. The molecule has 3 aliphatic rings. The van der Waals surface area contributed by atoms with Gasteiger partial charge in [-0.15, -0.1) is 0 Å². The molecule has 23 heavy (non-hydrogen) atoms. The highest BCUT2D eigenvalue weighted by atomic mass is 32.2. The molecular formula is C17H29NO4S. The Morgan fingerprint density at radius 3 is 2.48 bits per heavy atom. The van der Waals surface area contributed by atoms with Gasteiger partial charge in [0.25, 0.3) is 0 Å². The fraction of sp³-hybridized carbons (Fsp3) is 0.941. The minimum Gasteiger partial charge on any atom is -0.376 e. The Bertz CT molecular complexity index is 507. The summed E-state index contributed by atoms with van der Waals surface area (Å²) >= 11 is 0. The SMILES string of the molecule is O=C(CCC1CCCC1)N(C[C@@H]1CCCO1)[C@H]1CCS(=O)(=O)C1. The van der Waals surface area contributed by atoms with E-state index in [1.54, 1.807) is 0 Å². The largest absolute Gasteiger partial charge is 0.376 e. The minimum atomic E-state index is -2.97. The van der Waals surface area contributed by atoms with Crippen molar-refractivity contribution >= 4 is 15.7 Å². The molecule has 132 valence electrons. The number of nitrogens with zero attached hydrogens (tertiary/aromatic N) is 1. The molecule has 2 heterocycles. The molecule has 0 aromatic rings. The third-order valence-electron chi connectivity index (χ3n) is 5.64. The van der Waals surface area contributed by atoms with E-state index in [0.29, 0.717) is 25.3 Å². The van der Waals surface area contributed by atoms with Crippen LogP contribution < -0.4 is 0 Å². The topological polar surface area (TPSA) is 63.7 Å². The average Bonchev–Trinajstić information content (AvgIpc) is 3.24. The summed E-state index contributed by atoms with van der Waals surface area (Å²) in [6, 6.07) is -0.139. The van der Waals surface area contributed by atoms with E-state index in [0.717, 1.165) is 25.9 Å². The molecule has 1 amide bonds. The summed E-state index contributed by atoms with van der Waals surface area (Å²) in [6.45, 7) is 1.33. The number of hydrogen-bond donors (Lipinski definition) is 0. The molecule has 2 saturated heterocycles. The van der Waals surface area contributed by atoms with Crippen LogP contribution in [0.2, 0.25) is 0 Å². The summed E-state index contributed by atoms with van der Waals surface area (Å²) in [6.07, 6.45) is 9.29. The van der Waals surface area contributed by atoms with Crippen molar-refractivity contribution in [2.45, 2.75) is 69.9 Å². The zero-order valence-electron chi connectivity index (χ0n) is 13.9. The molecular weight excluding hydrogens is 314 g/mol. The first-order chi connectivity index (χ1) is 11.0. The molecule has 3 rings (SSSR count). The summed E-state index contributed by atoms with van der Waals surface area (Å²) < 4.78 is 29.3. The first-order valence-corrected chi connectivity index (χ1v) is 11.0. The molecule has 0 aromatic carbocycles. The van der Waals surface area contributed by atoms with Crippen molar-refractivity contribution < 1.29 is 17.9 Å². The van der Waals surface area contributed by atoms with E-state index in [2.05, 4.69) is 0 Å². The monoisotopic (exact) mass is 343 g/mol. The van der Waals surface area contributed by atoms with Crippen LogP contribution in [0.25, 0.3) is 0 Å². The predicted molar refractivity (Wildman–Crippen MR) is 88.9 cm³/mol. The number of hydrogen-bond acceptors (Lipinski definition) is 4. The van der Waals surface area contributed by atoms with Crippen molar-refractivity contribution in [2.75, 3.05) is 24.7 Å². The highest BCUT2D eigenvalue weighted by Gasteiger charge is 2.36. The number of amides is 1. The van der Waals surface area contributed by atoms with Crippen LogP contribution in [0.1, 0.15) is 57.8 Å². The molecule has 0 spiro atoms. The first-order valence-electron chi connectivity index (χ1n) is 9.15. The van der Waals surface area contributed by atoms with Crippen LogP contribution in [0.3, 0.4) is 0 Å². The van der Waals surface area contributed by atoms with Crippen molar-refractivity contribution in [3.8, 4) is 0 Å². The molecule has 3 fully saturated rings. The van der Waals surface area contributed by atoms with Gasteiger partial charge >= 0.3 is 0 Å². The van der Waals surface area contributed by atoms with Gasteiger partial charge < -0.3 is 9.64 Å². The highest BCUT2D eigenvalue weighted by Crippen LogP contribution is 2.29. The van der Waals surface area contributed by atoms with Gasteiger partial charge in [-0.05, 0) is 31.6 Å². The normalized spacial score (nSPS) is 30.8. The molecule has 6 heteroatoms. The fourth-order valence-electron chi connectivity index (χ4n) is 4.25. The fourth-order valence-corrected chi connectivity index (χ4v) is 5.98. The van der Waals surface area contributed by atoms with Crippen molar-refractivity contribution in [3.05, 3.63) is 0 Å². The second-order valence-corrected chi connectivity index (χ2v) is 9.66. The van der Waals surface area contributed by atoms with Gasteiger partial charge in [-0.1, -0.05) is 25.7 Å². The number of sulfone groups is 1. The van der Waals surface area contributed by atoms with Crippen LogP contribution in [-0.2, 0) is 19.4 Å². The van der Waals surface area contributed by atoms with Crippen molar-refractivity contribution in [2.24, 2.45) is 5.92 Å². The summed E-state index contributed by atoms with van der Waals surface area (Å²) in [5.74, 6) is 1.18. The molecule has 0 radical (unpaired) electrons. The summed E-state index contributed by atoms with van der Waals surface area (Å²) in [4.78, 5) is 14.6. The Morgan fingerprint density at radius 2 is 1.87 bits per heavy atom. The summed E-state index contributed by atoms with van der Waals surface area (Å²) in [5.41, 5.74) is 0. The van der Waals surface area contributed by atoms with Gasteiger partial charge in [0.05, 0.1) is 17.6 Å². The Labute approximate surface area is 139 Å². The van der Waals surface area contributed by atoms with Crippen molar-refractivity contribution in [1.29, 1.82) is 0 Å². The van der Waals surface area contributed by atoms with Gasteiger partial charge in [0.15, 0.2) is 9.84 Å². The van der Waals surface area contributed by atoms with Crippen LogP contribution in [0, 0.1) is 5.92 Å². The molecule has 2 atom stereocenters. The summed E-state index contributed by atoms with van der Waals surface area (Å²) in [7, 11) is -2.97. The van der Waals surface area contributed by atoms with Gasteiger partial charge in [-0.2, -0.15) is 0 Å². The zero-order chi connectivity index (χ0) is 16.3. The first kappa shape index (κ1) is 17.2. The highest BCUT2D eigenvalue weighted by molar-refractivity contribution is 7.91. The van der Waals surface area contributed by atoms with Gasteiger partial charge in [0, 0.05) is 25.6 Å². The third-order valence-corrected chi connectivity index (χ3v) is 7.39. The van der Waals surface area contributed by atoms with E-state index in [4.69, 9.17) is 4.74 Å². The van der Waals surface area contributed by atoms with Crippen molar-refractivity contribution in [3.63, 3.8) is 0 Å². The van der Waals surface area contributed by atoms with E-state index in [-0.39, 0.29) is 29.6 Å². The Kier molecular flexibility index (Phi) is 5.62. The standard InChI is InChI=1S/C17H29NO4S/c19-17(8-7-14-4-1-2-5-14)18(12-16-6-3-10-22-16)15-9-11-23(20,21)13-15/h14-16H,1-13H2/t15-,16-/m0/s1. The number of carbonyl (C=O) groups is 1. The molecule has 2 aliphatic heterocycles. The van der Waals surface area contributed by atoms with Gasteiger partial charge in [-0.25, -0.2) is 8.42 Å². The van der Waals surface area contributed by atoms with Crippen LogP contribution in [-0.4, -0.2) is 56.0 Å². The van der Waals surface area contributed by atoms with Crippen LogP contribution in [0.15, 0.2) is 0 Å². The molecule has 1 saturated carbocycles. The van der Waals surface area contributed by atoms with Crippen molar-refractivity contribution in [1.82, 2.24) is 4.90 Å². The van der Waals surface area contributed by atoms with E-state index >= 15 is 0 Å². The van der Waals surface area contributed by atoms with E-state index < -0.39 is 9.84 Å². The second kappa shape index (κ2) is 7.51. The summed E-state index contributed by atoms with van der Waals surface area (Å²) in [5, 5.41) is 0. The average molecular weight is 343 g/mol. The Balaban J connectivity index is 1.59. The molecule has 1 aliphatic carbocycles. The third kappa shape index (κ3) is 4.69. The quantitative estimate of drug-likeness (QED) is 0.741. The van der Waals surface area contributed by atoms with Crippen LogP contribution in [0.4, 0.5) is 0 Å². The van der Waals surface area contributed by atoms with Gasteiger partial charge in [0.2, 0.25) is 5.91 Å². The van der Waals surface area contributed by atoms with E-state index in [1.807, 2.05) is 4.90 Å². The van der Waals surface area contributed by atoms with Crippen LogP contribution >= 0.6 is 0 Å². The van der Waals surface area contributed by atoms with E-state index in [9.17, 15) is 13.2 Å². The number of carbonyl (C=O) groups excluding carboxylic acids is 1.